The van der Waals surface area contributed by atoms with E-state index in [4.69, 9.17) is 11.6 Å². The van der Waals surface area contributed by atoms with Gasteiger partial charge in [-0.3, -0.25) is 4.79 Å². The summed E-state index contributed by atoms with van der Waals surface area (Å²) in [6, 6.07) is 4.58. The molecule has 1 atom stereocenters. The molecule has 98 valence electrons. The van der Waals surface area contributed by atoms with E-state index < -0.39 is 5.82 Å². The lowest BCUT2D eigenvalue weighted by atomic mass is 9.95. The zero-order valence-electron chi connectivity index (χ0n) is 10.4. The number of halogens is 2. The van der Waals surface area contributed by atoms with E-state index in [1.54, 1.807) is 6.07 Å². The highest BCUT2D eigenvalue weighted by Gasteiger charge is 2.22. The van der Waals surface area contributed by atoms with Gasteiger partial charge >= 0.3 is 0 Å². The van der Waals surface area contributed by atoms with Crippen LogP contribution in [0.15, 0.2) is 18.2 Å². The SMILES string of the molecule is CC(=O)[C@H](CNCC1CC1)c1ccc(Cl)c(F)c1. The summed E-state index contributed by atoms with van der Waals surface area (Å²) in [6.45, 7) is 3.04. The first-order chi connectivity index (χ1) is 8.58. The molecule has 1 aliphatic carbocycles. The zero-order valence-corrected chi connectivity index (χ0v) is 11.1. The number of benzene rings is 1. The smallest absolute Gasteiger partial charge is 0.142 e. The van der Waals surface area contributed by atoms with Crippen LogP contribution < -0.4 is 5.32 Å². The Morgan fingerprint density at radius 1 is 1.56 bits per heavy atom. The second-order valence-corrected chi connectivity index (χ2v) is 5.35. The number of carbonyl (C=O) groups is 1. The fourth-order valence-corrected chi connectivity index (χ4v) is 2.10. The number of carbonyl (C=O) groups excluding carboxylic acids is 1. The molecule has 1 aromatic rings. The fourth-order valence-electron chi connectivity index (χ4n) is 1.98. The molecule has 2 rings (SSSR count). The van der Waals surface area contributed by atoms with Gasteiger partial charge in [0.25, 0.3) is 0 Å². The highest BCUT2D eigenvalue weighted by Crippen LogP contribution is 2.28. The van der Waals surface area contributed by atoms with E-state index in [1.807, 2.05) is 0 Å². The average molecular weight is 270 g/mol. The minimum atomic E-state index is -0.470. The van der Waals surface area contributed by atoms with Crippen LogP contribution in [0, 0.1) is 11.7 Å². The maximum atomic E-state index is 13.4. The molecule has 0 aliphatic heterocycles. The molecule has 18 heavy (non-hydrogen) atoms. The molecule has 4 heteroatoms. The van der Waals surface area contributed by atoms with Crippen molar-refractivity contribution in [2.45, 2.75) is 25.7 Å². The van der Waals surface area contributed by atoms with Crippen LogP contribution in [-0.2, 0) is 4.79 Å². The van der Waals surface area contributed by atoms with Gasteiger partial charge < -0.3 is 5.32 Å². The molecule has 0 amide bonds. The van der Waals surface area contributed by atoms with Crippen LogP contribution in [0.4, 0.5) is 4.39 Å². The van der Waals surface area contributed by atoms with Crippen LogP contribution >= 0.6 is 11.6 Å². The van der Waals surface area contributed by atoms with Gasteiger partial charge in [-0.15, -0.1) is 0 Å². The lowest BCUT2D eigenvalue weighted by Crippen LogP contribution is -2.27. The molecular weight excluding hydrogens is 253 g/mol. The molecule has 0 bridgehead atoms. The van der Waals surface area contributed by atoms with Gasteiger partial charge in [-0.1, -0.05) is 17.7 Å². The Bertz CT molecular complexity index is 445. The van der Waals surface area contributed by atoms with Crippen LogP contribution in [0.3, 0.4) is 0 Å². The van der Waals surface area contributed by atoms with Crippen molar-refractivity contribution in [2.24, 2.45) is 5.92 Å². The summed E-state index contributed by atoms with van der Waals surface area (Å²) in [5.74, 6) is 0.0395. The summed E-state index contributed by atoms with van der Waals surface area (Å²) in [5, 5.41) is 3.37. The quantitative estimate of drug-likeness (QED) is 0.860. The number of hydrogen-bond donors (Lipinski definition) is 1. The normalized spacial score (nSPS) is 16.6. The maximum Gasteiger partial charge on any atom is 0.142 e. The lowest BCUT2D eigenvalue weighted by molar-refractivity contribution is -0.118. The molecule has 1 N–H and O–H groups in total. The van der Waals surface area contributed by atoms with Crippen molar-refractivity contribution >= 4 is 17.4 Å². The zero-order chi connectivity index (χ0) is 13.1. The van der Waals surface area contributed by atoms with Gasteiger partial charge in [0.2, 0.25) is 0 Å². The molecule has 0 heterocycles. The van der Waals surface area contributed by atoms with Gasteiger partial charge in [0, 0.05) is 6.54 Å². The molecule has 0 saturated heterocycles. The number of Topliss-reactive ketones (excluding diaryl/α,β-unsaturated/α-hetero) is 1. The number of rotatable bonds is 6. The summed E-state index contributed by atoms with van der Waals surface area (Å²) in [5.41, 5.74) is 0.688. The van der Waals surface area contributed by atoms with Gasteiger partial charge in [-0.25, -0.2) is 4.39 Å². The van der Waals surface area contributed by atoms with Crippen molar-refractivity contribution in [3.8, 4) is 0 Å². The lowest BCUT2D eigenvalue weighted by Gasteiger charge is -2.15. The first-order valence-corrected chi connectivity index (χ1v) is 6.62. The van der Waals surface area contributed by atoms with E-state index >= 15 is 0 Å². The van der Waals surface area contributed by atoms with Crippen molar-refractivity contribution in [1.82, 2.24) is 5.32 Å². The van der Waals surface area contributed by atoms with Gasteiger partial charge in [0.1, 0.15) is 11.6 Å². The Kier molecular flexibility index (Phi) is 4.36. The number of nitrogens with one attached hydrogen (secondary N) is 1. The third kappa shape index (κ3) is 3.53. The number of ketones is 1. The summed E-state index contributed by atoms with van der Waals surface area (Å²) >= 11 is 5.64. The summed E-state index contributed by atoms with van der Waals surface area (Å²) in [7, 11) is 0. The van der Waals surface area contributed by atoms with Gasteiger partial charge in [-0.2, -0.15) is 0 Å². The van der Waals surface area contributed by atoms with Crippen molar-refractivity contribution in [3.05, 3.63) is 34.6 Å². The Morgan fingerprint density at radius 2 is 2.28 bits per heavy atom. The largest absolute Gasteiger partial charge is 0.315 e. The molecule has 1 saturated carbocycles. The van der Waals surface area contributed by atoms with Gasteiger partial charge in [0.15, 0.2) is 0 Å². The first kappa shape index (κ1) is 13.5. The predicted octanol–water partition coefficient (Wildman–Crippen LogP) is 3.15. The Balaban J connectivity index is 2.02. The standard InChI is InChI=1S/C14H17ClFNO/c1-9(18)12(8-17-7-10-2-3-10)11-4-5-13(15)14(16)6-11/h4-6,10,12,17H,2-3,7-8H2,1H3/t12-/m0/s1. The van der Waals surface area contributed by atoms with Crippen LogP contribution in [0.25, 0.3) is 0 Å². The molecular formula is C14H17ClFNO. The molecule has 0 spiro atoms. The second kappa shape index (κ2) is 5.81. The van der Waals surface area contributed by atoms with Crippen LogP contribution in [0.2, 0.25) is 5.02 Å². The van der Waals surface area contributed by atoms with Crippen LogP contribution in [0.1, 0.15) is 31.2 Å². The van der Waals surface area contributed by atoms with E-state index in [1.165, 1.54) is 31.9 Å². The van der Waals surface area contributed by atoms with E-state index in [2.05, 4.69) is 5.32 Å². The third-order valence-electron chi connectivity index (χ3n) is 3.32. The van der Waals surface area contributed by atoms with Crippen LogP contribution in [0.5, 0.6) is 0 Å². The fraction of sp³-hybridized carbons (Fsp3) is 0.500. The minimum Gasteiger partial charge on any atom is -0.315 e. The topological polar surface area (TPSA) is 29.1 Å². The van der Waals surface area contributed by atoms with Gasteiger partial charge in [-0.05, 0) is 49.9 Å². The Hall–Kier alpha value is -0.930. The Morgan fingerprint density at radius 3 is 2.83 bits per heavy atom. The molecule has 2 nitrogen and oxygen atoms in total. The van der Waals surface area contributed by atoms with Gasteiger partial charge in [0.05, 0.1) is 10.9 Å². The minimum absolute atomic E-state index is 0.0417. The molecule has 0 radical (unpaired) electrons. The molecule has 1 aromatic carbocycles. The van der Waals surface area contributed by atoms with E-state index in [-0.39, 0.29) is 16.7 Å². The summed E-state index contributed by atoms with van der Waals surface area (Å²) in [6.07, 6.45) is 2.54. The third-order valence-corrected chi connectivity index (χ3v) is 3.62. The van der Waals surface area contributed by atoms with Crippen molar-refractivity contribution in [1.29, 1.82) is 0 Å². The molecule has 1 aliphatic rings. The molecule has 0 aromatic heterocycles. The van der Waals surface area contributed by atoms with Crippen molar-refractivity contribution in [2.75, 3.05) is 13.1 Å². The number of hydrogen-bond acceptors (Lipinski definition) is 2. The summed E-state index contributed by atoms with van der Waals surface area (Å²) < 4.78 is 13.4. The van der Waals surface area contributed by atoms with E-state index in [0.717, 1.165) is 12.5 Å². The van der Waals surface area contributed by atoms with Crippen molar-refractivity contribution < 1.29 is 9.18 Å². The maximum absolute atomic E-state index is 13.4. The van der Waals surface area contributed by atoms with Crippen LogP contribution in [-0.4, -0.2) is 18.9 Å². The van der Waals surface area contributed by atoms with Crippen molar-refractivity contribution in [3.63, 3.8) is 0 Å². The Labute approximate surface area is 112 Å². The highest BCUT2D eigenvalue weighted by molar-refractivity contribution is 6.30. The molecule has 0 unspecified atom stereocenters. The summed E-state index contributed by atoms with van der Waals surface area (Å²) in [4.78, 5) is 11.6. The average Bonchev–Trinajstić information content (AvgIpc) is 3.12. The van der Waals surface area contributed by atoms with E-state index in [9.17, 15) is 9.18 Å². The first-order valence-electron chi connectivity index (χ1n) is 6.24. The molecule has 1 fully saturated rings. The monoisotopic (exact) mass is 269 g/mol. The highest BCUT2D eigenvalue weighted by atomic mass is 35.5. The predicted molar refractivity (Wildman–Crippen MR) is 70.4 cm³/mol. The van der Waals surface area contributed by atoms with E-state index in [0.29, 0.717) is 12.1 Å². The second-order valence-electron chi connectivity index (χ2n) is 4.94.